The van der Waals surface area contributed by atoms with Crippen molar-refractivity contribution < 1.29 is 14.1 Å². The maximum atomic E-state index is 12.5. The lowest BCUT2D eigenvalue weighted by atomic mass is 10.2. The van der Waals surface area contributed by atoms with Crippen molar-refractivity contribution in [1.29, 1.82) is 0 Å². The Labute approximate surface area is 167 Å². The first-order valence-corrected chi connectivity index (χ1v) is 10.0. The van der Waals surface area contributed by atoms with Crippen LogP contribution in [0.5, 0.6) is 5.75 Å². The van der Waals surface area contributed by atoms with Crippen LogP contribution < -0.4 is 15.4 Å². The SMILES string of the molecule is COc1cccc([S+]([O-])Cc2ccc(NC(=O)NCc3cccnc3)cc2)c1. The highest BCUT2D eigenvalue weighted by Gasteiger charge is 2.13. The van der Waals surface area contributed by atoms with Crippen LogP contribution in [-0.4, -0.2) is 22.7 Å². The molecule has 1 aromatic heterocycles. The Kier molecular flexibility index (Phi) is 6.89. The average molecular weight is 395 g/mol. The number of nitrogens with zero attached hydrogens (tertiary/aromatic N) is 1. The summed E-state index contributed by atoms with van der Waals surface area (Å²) in [5.41, 5.74) is 2.51. The number of nitrogens with one attached hydrogen (secondary N) is 2. The smallest absolute Gasteiger partial charge is 0.319 e. The molecule has 0 aliphatic heterocycles. The number of benzene rings is 2. The van der Waals surface area contributed by atoms with E-state index in [9.17, 15) is 9.35 Å². The molecule has 144 valence electrons. The first kappa shape index (κ1) is 19.7. The van der Waals surface area contributed by atoms with Crippen molar-refractivity contribution in [2.24, 2.45) is 0 Å². The van der Waals surface area contributed by atoms with Crippen molar-refractivity contribution in [3.8, 4) is 5.75 Å². The van der Waals surface area contributed by atoms with Gasteiger partial charge in [0.25, 0.3) is 0 Å². The molecule has 0 spiro atoms. The Hall–Kier alpha value is -3.03. The second-order valence-corrected chi connectivity index (χ2v) is 7.49. The summed E-state index contributed by atoms with van der Waals surface area (Å²) < 4.78 is 17.7. The summed E-state index contributed by atoms with van der Waals surface area (Å²) >= 11 is -1.17. The predicted molar refractivity (Wildman–Crippen MR) is 110 cm³/mol. The van der Waals surface area contributed by atoms with Gasteiger partial charge in [-0.1, -0.05) is 24.3 Å². The fourth-order valence-corrected chi connectivity index (χ4v) is 3.66. The maximum absolute atomic E-state index is 12.5. The number of urea groups is 1. The zero-order valence-corrected chi connectivity index (χ0v) is 16.2. The highest BCUT2D eigenvalue weighted by Crippen LogP contribution is 2.21. The Morgan fingerprint density at radius 3 is 2.64 bits per heavy atom. The monoisotopic (exact) mass is 395 g/mol. The molecule has 1 atom stereocenters. The van der Waals surface area contributed by atoms with Gasteiger partial charge in [-0.25, -0.2) is 4.79 Å². The van der Waals surface area contributed by atoms with Crippen LogP contribution in [0.25, 0.3) is 0 Å². The largest absolute Gasteiger partial charge is 0.611 e. The van der Waals surface area contributed by atoms with E-state index in [4.69, 9.17) is 4.74 Å². The number of methoxy groups -OCH3 is 1. The summed E-state index contributed by atoms with van der Waals surface area (Å²) in [4.78, 5) is 16.7. The standard InChI is InChI=1S/C21H21N3O3S/c1-27-19-5-2-6-20(12-19)28(26)15-16-7-9-18(10-8-16)24-21(25)23-14-17-4-3-11-22-13-17/h2-13H,14-15H2,1H3,(H2,23,24,25). The van der Waals surface area contributed by atoms with E-state index in [1.54, 1.807) is 37.7 Å². The zero-order chi connectivity index (χ0) is 19.8. The summed E-state index contributed by atoms with van der Waals surface area (Å²) in [6.07, 6.45) is 3.39. The van der Waals surface area contributed by atoms with Gasteiger partial charge in [-0.15, -0.1) is 0 Å². The number of carbonyl (C=O) groups excluding carboxylic acids is 1. The molecule has 2 N–H and O–H groups in total. The summed E-state index contributed by atoms with van der Waals surface area (Å²) in [7, 11) is 1.58. The first-order valence-electron chi connectivity index (χ1n) is 8.69. The molecule has 0 saturated heterocycles. The lowest BCUT2D eigenvalue weighted by molar-refractivity contribution is 0.251. The molecule has 1 heterocycles. The minimum absolute atomic E-state index is 0.295. The number of amides is 2. The van der Waals surface area contributed by atoms with Crippen molar-refractivity contribution in [2.75, 3.05) is 12.4 Å². The quantitative estimate of drug-likeness (QED) is 0.597. The summed E-state index contributed by atoms with van der Waals surface area (Å²) in [6.45, 7) is 0.400. The molecule has 0 saturated carbocycles. The first-order chi connectivity index (χ1) is 13.6. The van der Waals surface area contributed by atoms with Gasteiger partial charge in [0.05, 0.1) is 7.11 Å². The number of hydrogen-bond acceptors (Lipinski definition) is 4. The van der Waals surface area contributed by atoms with Crippen LogP contribution in [0.15, 0.2) is 78.0 Å². The van der Waals surface area contributed by atoms with Crippen LogP contribution in [0.3, 0.4) is 0 Å². The third-order valence-electron chi connectivity index (χ3n) is 3.99. The topological polar surface area (TPSA) is 86.3 Å². The lowest BCUT2D eigenvalue weighted by Gasteiger charge is -2.12. The van der Waals surface area contributed by atoms with Gasteiger partial charge in [-0.3, -0.25) is 4.98 Å². The Bertz CT molecular complexity index is 904. The van der Waals surface area contributed by atoms with Crippen molar-refractivity contribution in [3.05, 3.63) is 84.2 Å². The maximum Gasteiger partial charge on any atom is 0.319 e. The van der Waals surface area contributed by atoms with Crippen LogP contribution in [0.1, 0.15) is 11.1 Å². The fourth-order valence-electron chi connectivity index (χ4n) is 2.52. The van der Waals surface area contributed by atoms with Gasteiger partial charge < -0.3 is 19.9 Å². The van der Waals surface area contributed by atoms with E-state index in [0.29, 0.717) is 23.7 Å². The zero-order valence-electron chi connectivity index (χ0n) is 15.4. The van der Waals surface area contributed by atoms with Gasteiger partial charge in [-0.05, 0) is 47.1 Å². The lowest BCUT2D eigenvalue weighted by Crippen LogP contribution is -2.28. The van der Waals surface area contributed by atoms with Crippen molar-refractivity contribution in [1.82, 2.24) is 10.3 Å². The Morgan fingerprint density at radius 2 is 1.93 bits per heavy atom. The predicted octanol–water partition coefficient (Wildman–Crippen LogP) is 3.72. The molecule has 28 heavy (non-hydrogen) atoms. The van der Waals surface area contributed by atoms with Gasteiger partial charge >= 0.3 is 6.03 Å². The normalized spacial score (nSPS) is 11.5. The molecule has 0 aliphatic carbocycles. The van der Waals surface area contributed by atoms with Crippen LogP contribution in [0.2, 0.25) is 0 Å². The molecule has 3 rings (SSSR count). The molecular formula is C21H21N3O3S. The van der Waals surface area contributed by atoms with Gasteiger partial charge in [0.1, 0.15) is 11.5 Å². The van der Waals surface area contributed by atoms with E-state index in [-0.39, 0.29) is 6.03 Å². The molecule has 2 amide bonds. The molecule has 3 aromatic rings. The summed E-state index contributed by atoms with van der Waals surface area (Å²) in [5, 5.41) is 5.55. The summed E-state index contributed by atoms with van der Waals surface area (Å²) in [5.74, 6) is 1.07. The number of ether oxygens (including phenoxy) is 1. The molecule has 7 heteroatoms. The fraction of sp³-hybridized carbons (Fsp3) is 0.143. The number of aromatic nitrogens is 1. The van der Waals surface area contributed by atoms with Crippen molar-refractivity contribution >= 4 is 22.9 Å². The van der Waals surface area contributed by atoms with Crippen LogP contribution in [0.4, 0.5) is 10.5 Å². The van der Waals surface area contributed by atoms with Crippen molar-refractivity contribution in [2.45, 2.75) is 17.2 Å². The minimum atomic E-state index is -1.17. The molecule has 2 aromatic carbocycles. The minimum Gasteiger partial charge on any atom is -0.611 e. The molecule has 0 radical (unpaired) electrons. The molecule has 0 fully saturated rings. The number of anilines is 1. The second-order valence-electron chi connectivity index (χ2n) is 6.03. The van der Waals surface area contributed by atoms with E-state index in [2.05, 4.69) is 15.6 Å². The number of rotatable bonds is 7. The van der Waals surface area contributed by atoms with E-state index in [1.807, 2.05) is 42.5 Å². The van der Waals surface area contributed by atoms with Gasteiger partial charge in [0.15, 0.2) is 4.90 Å². The van der Waals surface area contributed by atoms with E-state index in [0.717, 1.165) is 16.0 Å². The molecular weight excluding hydrogens is 374 g/mol. The van der Waals surface area contributed by atoms with Gasteiger partial charge in [0, 0.05) is 36.3 Å². The number of hydrogen-bond donors (Lipinski definition) is 2. The third-order valence-corrected chi connectivity index (χ3v) is 5.36. The highest BCUT2D eigenvalue weighted by molar-refractivity contribution is 7.90. The van der Waals surface area contributed by atoms with Crippen LogP contribution in [-0.2, 0) is 23.5 Å². The number of pyridine rings is 1. The average Bonchev–Trinajstić information content (AvgIpc) is 2.74. The molecule has 0 bridgehead atoms. The van der Waals surface area contributed by atoms with Crippen LogP contribution >= 0.6 is 0 Å². The van der Waals surface area contributed by atoms with E-state index < -0.39 is 11.2 Å². The second kappa shape index (κ2) is 9.77. The molecule has 6 nitrogen and oxygen atoms in total. The Morgan fingerprint density at radius 1 is 1.11 bits per heavy atom. The summed E-state index contributed by atoms with van der Waals surface area (Å²) in [6, 6.07) is 18.0. The molecule has 0 aliphatic rings. The Balaban J connectivity index is 1.52. The van der Waals surface area contributed by atoms with Gasteiger partial charge in [-0.2, -0.15) is 0 Å². The molecule has 1 unspecified atom stereocenters. The van der Waals surface area contributed by atoms with Gasteiger partial charge in [0.2, 0.25) is 0 Å². The van der Waals surface area contributed by atoms with E-state index >= 15 is 0 Å². The highest BCUT2D eigenvalue weighted by atomic mass is 32.2. The third kappa shape index (κ3) is 5.73. The number of carbonyl (C=O) groups is 1. The van der Waals surface area contributed by atoms with Crippen LogP contribution in [0, 0.1) is 0 Å². The van der Waals surface area contributed by atoms with Crippen molar-refractivity contribution in [3.63, 3.8) is 0 Å². The van der Waals surface area contributed by atoms with E-state index in [1.165, 1.54) is 0 Å².